The van der Waals surface area contributed by atoms with E-state index in [1.54, 1.807) is 0 Å². The van der Waals surface area contributed by atoms with Crippen molar-refractivity contribution in [3.8, 4) is 0 Å². The molecule has 1 atom stereocenters. The van der Waals surface area contributed by atoms with E-state index in [9.17, 15) is 9.59 Å². The lowest BCUT2D eigenvalue weighted by Crippen LogP contribution is -2.30. The lowest BCUT2D eigenvalue weighted by Gasteiger charge is -2.18. The van der Waals surface area contributed by atoms with Crippen LogP contribution in [0.15, 0.2) is 146 Å². The van der Waals surface area contributed by atoms with Crippen molar-refractivity contribution in [1.82, 2.24) is 0 Å². The van der Waals surface area contributed by atoms with Crippen LogP contribution in [-0.4, -0.2) is 37.9 Å². The van der Waals surface area contributed by atoms with E-state index in [1.807, 2.05) is 12.2 Å². The van der Waals surface area contributed by atoms with E-state index in [4.69, 9.17) is 14.2 Å². The highest BCUT2D eigenvalue weighted by molar-refractivity contribution is 5.71. The highest BCUT2D eigenvalue weighted by Gasteiger charge is 2.17. The van der Waals surface area contributed by atoms with Crippen LogP contribution in [0.5, 0.6) is 0 Å². The molecular formula is C57H88O5. The first-order chi connectivity index (χ1) is 30.6. The SMILES string of the molecule is CC/C=C\C/C=C\C/C=C\C/C=C\C/C=C\CCOCC(COC(=O)C/C=C\C/C=C\C/C=C\C/C=C\C/C=C\CC)OC(=O)CCCCCCC/C=C\C/C=C\CCCCC. The Morgan fingerprint density at radius 1 is 0.387 bits per heavy atom. The van der Waals surface area contributed by atoms with E-state index in [0.717, 1.165) is 109 Å². The third kappa shape index (κ3) is 48.4. The Labute approximate surface area is 381 Å². The molecule has 0 amide bonds. The van der Waals surface area contributed by atoms with Gasteiger partial charge in [0.15, 0.2) is 6.10 Å². The Morgan fingerprint density at radius 3 is 1.24 bits per heavy atom. The highest BCUT2D eigenvalue weighted by Crippen LogP contribution is 2.10. The molecule has 0 aliphatic heterocycles. The first kappa shape index (κ1) is 57.8. The molecule has 0 bridgehead atoms. The Morgan fingerprint density at radius 2 is 0.774 bits per heavy atom. The van der Waals surface area contributed by atoms with Crippen LogP contribution in [0.2, 0.25) is 0 Å². The molecule has 0 saturated carbocycles. The summed E-state index contributed by atoms with van der Waals surface area (Å²) in [6.07, 6.45) is 74.7. The van der Waals surface area contributed by atoms with Crippen LogP contribution in [0.1, 0.15) is 175 Å². The third-order valence-electron chi connectivity index (χ3n) is 9.39. The average molecular weight is 853 g/mol. The molecule has 0 spiro atoms. The second-order valence-corrected chi connectivity index (χ2v) is 15.3. The Kier molecular flexibility index (Phi) is 47.7. The van der Waals surface area contributed by atoms with Crippen molar-refractivity contribution in [2.24, 2.45) is 0 Å². The summed E-state index contributed by atoms with van der Waals surface area (Å²) in [5.74, 6) is -0.615. The van der Waals surface area contributed by atoms with Gasteiger partial charge in [-0.2, -0.15) is 0 Å². The van der Waals surface area contributed by atoms with Crippen molar-refractivity contribution in [3.63, 3.8) is 0 Å². The third-order valence-corrected chi connectivity index (χ3v) is 9.39. The minimum atomic E-state index is -0.633. The Hall–Kier alpha value is -4.22. The van der Waals surface area contributed by atoms with Gasteiger partial charge in [0.25, 0.3) is 0 Å². The molecule has 62 heavy (non-hydrogen) atoms. The van der Waals surface area contributed by atoms with Gasteiger partial charge in [-0.05, 0) is 109 Å². The van der Waals surface area contributed by atoms with Crippen LogP contribution >= 0.6 is 0 Å². The molecule has 0 saturated heterocycles. The van der Waals surface area contributed by atoms with E-state index >= 15 is 0 Å². The number of unbranched alkanes of at least 4 members (excludes halogenated alkanes) is 8. The summed E-state index contributed by atoms with van der Waals surface area (Å²) in [6.45, 7) is 7.21. The quantitative estimate of drug-likeness (QED) is 0.0348. The van der Waals surface area contributed by atoms with Gasteiger partial charge in [-0.3, -0.25) is 9.59 Å². The van der Waals surface area contributed by atoms with Gasteiger partial charge in [0.1, 0.15) is 6.61 Å². The van der Waals surface area contributed by atoms with Crippen molar-refractivity contribution < 1.29 is 23.8 Å². The molecular weight excluding hydrogens is 765 g/mol. The minimum Gasteiger partial charge on any atom is -0.461 e. The summed E-state index contributed by atoms with van der Waals surface area (Å²) in [4.78, 5) is 25.3. The second-order valence-electron chi connectivity index (χ2n) is 15.3. The van der Waals surface area contributed by atoms with E-state index in [2.05, 4.69) is 154 Å². The fourth-order valence-electron chi connectivity index (χ4n) is 5.85. The molecule has 1 unspecified atom stereocenters. The van der Waals surface area contributed by atoms with Gasteiger partial charge in [0.2, 0.25) is 0 Å². The van der Waals surface area contributed by atoms with Crippen molar-refractivity contribution in [2.45, 2.75) is 181 Å². The lowest BCUT2D eigenvalue weighted by atomic mass is 10.1. The summed E-state index contributed by atoms with van der Waals surface area (Å²) in [6, 6.07) is 0. The highest BCUT2D eigenvalue weighted by atomic mass is 16.6. The van der Waals surface area contributed by atoms with Crippen molar-refractivity contribution in [1.29, 1.82) is 0 Å². The van der Waals surface area contributed by atoms with Crippen LogP contribution in [0.3, 0.4) is 0 Å². The zero-order chi connectivity index (χ0) is 44.9. The molecule has 0 heterocycles. The Balaban J connectivity index is 4.58. The molecule has 346 valence electrons. The monoisotopic (exact) mass is 853 g/mol. The molecule has 0 aliphatic rings. The summed E-state index contributed by atoms with van der Waals surface area (Å²) < 4.78 is 17.1. The standard InChI is InChI=1S/C57H88O5/c1-4-7-10-13-16-19-22-25-28-31-34-37-40-43-46-49-52-60-53-55(62-57(59)51-48-45-42-39-36-33-30-27-24-21-18-15-12-9-6-3)54-61-56(58)50-47-44-41-38-35-32-29-26-23-20-17-14-11-8-5-2/h7-8,10-11,16-21,25-30,34-35,37-38,43-44,46-47,55H,4-6,9,12-15,22-24,31-33,36,39-42,45,48-54H2,1-3H3/b10-7-,11-8-,19-16-,20-17-,21-18-,28-25-,29-26-,30-27-,37-34-,38-35-,46-43-,47-44-. The minimum absolute atomic E-state index is 0.0148. The zero-order valence-electron chi connectivity index (χ0n) is 39.6. The molecule has 0 radical (unpaired) electrons. The lowest BCUT2D eigenvalue weighted by molar-refractivity contribution is -0.162. The fourth-order valence-corrected chi connectivity index (χ4v) is 5.85. The van der Waals surface area contributed by atoms with Gasteiger partial charge in [0, 0.05) is 6.42 Å². The average Bonchev–Trinajstić information content (AvgIpc) is 3.27. The van der Waals surface area contributed by atoms with E-state index in [0.29, 0.717) is 13.0 Å². The van der Waals surface area contributed by atoms with Crippen molar-refractivity contribution >= 4 is 11.9 Å². The van der Waals surface area contributed by atoms with Gasteiger partial charge in [0.05, 0.1) is 19.6 Å². The normalized spacial score (nSPS) is 13.5. The number of carbonyl (C=O) groups excluding carboxylic acids is 2. The summed E-state index contributed by atoms with van der Waals surface area (Å²) in [5, 5.41) is 0. The predicted molar refractivity (Wildman–Crippen MR) is 269 cm³/mol. The van der Waals surface area contributed by atoms with E-state index < -0.39 is 6.10 Å². The molecule has 0 aromatic rings. The molecule has 0 rings (SSSR count). The largest absolute Gasteiger partial charge is 0.461 e. The molecule has 0 fully saturated rings. The number of rotatable bonds is 42. The first-order valence-electron chi connectivity index (χ1n) is 24.4. The van der Waals surface area contributed by atoms with Gasteiger partial charge in [-0.1, -0.05) is 199 Å². The Bertz CT molecular complexity index is 1380. The number of hydrogen-bond acceptors (Lipinski definition) is 5. The molecule has 0 N–H and O–H groups in total. The topological polar surface area (TPSA) is 61.8 Å². The maximum atomic E-state index is 12.8. The van der Waals surface area contributed by atoms with E-state index in [1.165, 1.54) is 32.1 Å². The fraction of sp³-hybridized carbons (Fsp3) is 0.544. The van der Waals surface area contributed by atoms with Gasteiger partial charge < -0.3 is 14.2 Å². The second kappa shape index (κ2) is 51.1. The number of carbonyl (C=O) groups is 2. The van der Waals surface area contributed by atoms with Crippen molar-refractivity contribution in [2.75, 3.05) is 19.8 Å². The van der Waals surface area contributed by atoms with Crippen molar-refractivity contribution in [3.05, 3.63) is 146 Å². The maximum Gasteiger partial charge on any atom is 0.309 e. The number of hydrogen-bond donors (Lipinski definition) is 0. The van der Waals surface area contributed by atoms with Crippen LogP contribution in [0, 0.1) is 0 Å². The molecule has 0 aliphatic carbocycles. The summed E-state index contributed by atoms with van der Waals surface area (Å²) >= 11 is 0. The summed E-state index contributed by atoms with van der Waals surface area (Å²) in [5.41, 5.74) is 0. The smallest absolute Gasteiger partial charge is 0.309 e. The summed E-state index contributed by atoms with van der Waals surface area (Å²) in [7, 11) is 0. The number of allylic oxidation sites excluding steroid dienone is 22. The zero-order valence-corrected chi connectivity index (χ0v) is 39.6. The van der Waals surface area contributed by atoms with E-state index in [-0.39, 0.29) is 31.6 Å². The van der Waals surface area contributed by atoms with Crippen LogP contribution in [-0.2, 0) is 23.8 Å². The van der Waals surface area contributed by atoms with Crippen LogP contribution in [0.4, 0.5) is 0 Å². The first-order valence-corrected chi connectivity index (χ1v) is 24.4. The van der Waals surface area contributed by atoms with Crippen LogP contribution in [0.25, 0.3) is 0 Å². The van der Waals surface area contributed by atoms with Gasteiger partial charge >= 0.3 is 11.9 Å². The number of ether oxygens (including phenoxy) is 3. The molecule has 5 heteroatoms. The molecule has 0 aromatic heterocycles. The van der Waals surface area contributed by atoms with Crippen LogP contribution < -0.4 is 0 Å². The molecule has 5 nitrogen and oxygen atoms in total. The van der Waals surface area contributed by atoms with Gasteiger partial charge in [-0.15, -0.1) is 0 Å². The van der Waals surface area contributed by atoms with Gasteiger partial charge in [-0.25, -0.2) is 0 Å². The molecule has 0 aromatic carbocycles. The predicted octanol–water partition coefficient (Wildman–Crippen LogP) is 16.6. The number of esters is 2. The maximum absolute atomic E-state index is 12.8.